The second kappa shape index (κ2) is 5.11. The molecule has 1 atom stereocenters. The van der Waals surface area contributed by atoms with Gasteiger partial charge in [0.25, 0.3) is 0 Å². The van der Waals surface area contributed by atoms with Crippen LogP contribution in [0, 0.1) is 11.3 Å². The maximum atomic E-state index is 11.9. The second-order valence-electron chi connectivity index (χ2n) is 3.90. The normalized spacial score (nSPS) is 18.6. The zero-order valence-corrected chi connectivity index (χ0v) is 10.1. The van der Waals surface area contributed by atoms with Crippen molar-refractivity contribution < 1.29 is 4.79 Å². The number of amides is 1. The Morgan fingerprint density at radius 1 is 1.59 bits per heavy atom. The number of carbonyl (C=O) groups is 1. The molecule has 1 aliphatic heterocycles. The lowest BCUT2D eigenvalue weighted by atomic mass is 10.2. The maximum absolute atomic E-state index is 11.9. The summed E-state index contributed by atoms with van der Waals surface area (Å²) in [7, 11) is 0. The predicted octanol–water partition coefficient (Wildman–Crippen LogP) is 1.97. The lowest BCUT2D eigenvalue weighted by Crippen LogP contribution is -2.23. The second-order valence-corrected chi connectivity index (χ2v) is 5.22. The van der Waals surface area contributed by atoms with E-state index in [-0.39, 0.29) is 11.2 Å². The topological polar surface area (TPSA) is 78.9 Å². The van der Waals surface area contributed by atoms with Gasteiger partial charge in [0.15, 0.2) is 0 Å². The first kappa shape index (κ1) is 11.8. The number of thioether (sulfide) groups is 1. The summed E-state index contributed by atoms with van der Waals surface area (Å²) < 4.78 is 0. The van der Waals surface area contributed by atoms with Crippen molar-refractivity contribution in [3.63, 3.8) is 0 Å². The van der Waals surface area contributed by atoms with E-state index in [0.717, 1.165) is 18.6 Å². The molecule has 1 unspecified atom stereocenters. The number of nitrogen functional groups attached to an aromatic ring is 1. The van der Waals surface area contributed by atoms with Crippen LogP contribution in [0.5, 0.6) is 0 Å². The van der Waals surface area contributed by atoms with Crippen LogP contribution >= 0.6 is 11.8 Å². The van der Waals surface area contributed by atoms with Crippen LogP contribution in [0.2, 0.25) is 0 Å². The number of nitrogens with two attached hydrogens (primary N) is 1. The SMILES string of the molecule is N#Cc1ccc(NC(=O)C2CCCS2)c(N)c1. The maximum Gasteiger partial charge on any atom is 0.237 e. The molecule has 17 heavy (non-hydrogen) atoms. The van der Waals surface area contributed by atoms with Crippen LogP contribution in [0.25, 0.3) is 0 Å². The Hall–Kier alpha value is -1.67. The molecule has 0 bridgehead atoms. The largest absolute Gasteiger partial charge is 0.397 e. The van der Waals surface area contributed by atoms with Crippen LogP contribution in [0.3, 0.4) is 0 Å². The summed E-state index contributed by atoms with van der Waals surface area (Å²) in [5, 5.41) is 11.6. The Labute approximate surface area is 104 Å². The van der Waals surface area contributed by atoms with Gasteiger partial charge in [0.1, 0.15) is 0 Å². The standard InChI is InChI=1S/C12H13N3OS/c13-7-8-3-4-10(9(14)6-8)15-12(16)11-2-1-5-17-11/h3-4,6,11H,1-2,5,14H2,(H,15,16). The number of rotatable bonds is 2. The molecule has 1 aromatic carbocycles. The molecule has 2 rings (SSSR count). The Bertz CT molecular complexity index is 475. The van der Waals surface area contributed by atoms with Crippen molar-refractivity contribution in [3.8, 4) is 6.07 Å². The van der Waals surface area contributed by atoms with Crippen molar-refractivity contribution in [3.05, 3.63) is 23.8 Å². The Morgan fingerprint density at radius 3 is 3.00 bits per heavy atom. The van der Waals surface area contributed by atoms with E-state index >= 15 is 0 Å². The van der Waals surface area contributed by atoms with Gasteiger partial charge in [0.05, 0.1) is 28.3 Å². The highest BCUT2D eigenvalue weighted by Gasteiger charge is 2.23. The predicted molar refractivity (Wildman–Crippen MR) is 69.7 cm³/mol. The number of nitriles is 1. The smallest absolute Gasteiger partial charge is 0.237 e. The summed E-state index contributed by atoms with van der Waals surface area (Å²) in [4.78, 5) is 11.9. The van der Waals surface area contributed by atoms with Gasteiger partial charge in [-0.2, -0.15) is 5.26 Å². The molecule has 0 aliphatic carbocycles. The van der Waals surface area contributed by atoms with Gasteiger partial charge in [0.2, 0.25) is 5.91 Å². The molecule has 0 saturated carbocycles. The first-order chi connectivity index (χ1) is 8.20. The first-order valence-electron chi connectivity index (χ1n) is 5.43. The molecule has 0 spiro atoms. The molecule has 5 heteroatoms. The third-order valence-electron chi connectivity index (χ3n) is 2.66. The Morgan fingerprint density at radius 2 is 2.41 bits per heavy atom. The molecule has 0 radical (unpaired) electrons. The molecule has 1 aromatic rings. The highest BCUT2D eigenvalue weighted by Crippen LogP contribution is 2.28. The lowest BCUT2D eigenvalue weighted by Gasteiger charge is -2.11. The average molecular weight is 247 g/mol. The summed E-state index contributed by atoms with van der Waals surface area (Å²) in [5.41, 5.74) is 7.28. The zero-order valence-electron chi connectivity index (χ0n) is 9.27. The molecule has 1 aliphatic rings. The van der Waals surface area contributed by atoms with Gasteiger partial charge in [0, 0.05) is 0 Å². The molecule has 1 fully saturated rings. The van der Waals surface area contributed by atoms with E-state index in [4.69, 9.17) is 11.0 Å². The minimum atomic E-state index is 0.00362. The van der Waals surface area contributed by atoms with Crippen molar-refractivity contribution in [2.75, 3.05) is 16.8 Å². The molecule has 1 heterocycles. The fraction of sp³-hybridized carbons (Fsp3) is 0.333. The van der Waals surface area contributed by atoms with Crippen molar-refractivity contribution in [1.82, 2.24) is 0 Å². The molecular weight excluding hydrogens is 234 g/mol. The minimum Gasteiger partial charge on any atom is -0.397 e. The summed E-state index contributed by atoms with van der Waals surface area (Å²) in [6.07, 6.45) is 2.01. The Kier molecular flexibility index (Phi) is 3.55. The highest BCUT2D eigenvalue weighted by atomic mass is 32.2. The monoisotopic (exact) mass is 247 g/mol. The first-order valence-corrected chi connectivity index (χ1v) is 6.47. The highest BCUT2D eigenvalue weighted by molar-refractivity contribution is 8.00. The van der Waals surface area contributed by atoms with Crippen molar-refractivity contribution in [1.29, 1.82) is 5.26 Å². The summed E-state index contributed by atoms with van der Waals surface area (Å²) in [6, 6.07) is 6.89. The molecule has 88 valence electrons. The van der Waals surface area contributed by atoms with E-state index in [9.17, 15) is 4.79 Å². The third-order valence-corrected chi connectivity index (χ3v) is 4.04. The van der Waals surface area contributed by atoms with E-state index in [0.29, 0.717) is 16.9 Å². The molecule has 4 nitrogen and oxygen atoms in total. The van der Waals surface area contributed by atoms with E-state index in [1.54, 1.807) is 30.0 Å². The van der Waals surface area contributed by atoms with Crippen LogP contribution in [0.15, 0.2) is 18.2 Å². The van der Waals surface area contributed by atoms with Gasteiger partial charge in [-0.05, 0) is 36.8 Å². The van der Waals surface area contributed by atoms with Gasteiger partial charge < -0.3 is 11.1 Å². The summed E-state index contributed by atoms with van der Waals surface area (Å²) >= 11 is 1.68. The third kappa shape index (κ3) is 2.71. The van der Waals surface area contributed by atoms with Crippen LogP contribution in [0.4, 0.5) is 11.4 Å². The van der Waals surface area contributed by atoms with Crippen LogP contribution in [-0.2, 0) is 4.79 Å². The fourth-order valence-corrected chi connectivity index (χ4v) is 2.91. The molecule has 0 aromatic heterocycles. The Balaban J connectivity index is 2.08. The minimum absolute atomic E-state index is 0.00362. The van der Waals surface area contributed by atoms with Gasteiger partial charge >= 0.3 is 0 Å². The quantitative estimate of drug-likeness (QED) is 0.783. The van der Waals surface area contributed by atoms with Crippen LogP contribution in [-0.4, -0.2) is 16.9 Å². The van der Waals surface area contributed by atoms with Crippen LogP contribution < -0.4 is 11.1 Å². The number of benzene rings is 1. The van der Waals surface area contributed by atoms with E-state index in [1.165, 1.54) is 0 Å². The van der Waals surface area contributed by atoms with Crippen molar-refractivity contribution >= 4 is 29.0 Å². The molecule has 1 amide bonds. The molecule has 1 saturated heterocycles. The van der Waals surface area contributed by atoms with Gasteiger partial charge in [-0.25, -0.2) is 0 Å². The number of hydrogen-bond acceptors (Lipinski definition) is 4. The zero-order chi connectivity index (χ0) is 12.3. The molecule has 3 N–H and O–H groups in total. The number of nitrogens with zero attached hydrogens (tertiary/aromatic N) is 1. The van der Waals surface area contributed by atoms with E-state index in [1.807, 2.05) is 6.07 Å². The summed E-state index contributed by atoms with van der Waals surface area (Å²) in [5.74, 6) is 1.05. The molecular formula is C12H13N3OS. The number of anilines is 2. The van der Waals surface area contributed by atoms with E-state index < -0.39 is 0 Å². The number of carbonyl (C=O) groups excluding carboxylic acids is 1. The summed E-state index contributed by atoms with van der Waals surface area (Å²) in [6.45, 7) is 0. The van der Waals surface area contributed by atoms with Crippen molar-refractivity contribution in [2.24, 2.45) is 0 Å². The number of hydrogen-bond donors (Lipinski definition) is 2. The fourth-order valence-electron chi connectivity index (χ4n) is 1.74. The van der Waals surface area contributed by atoms with Crippen molar-refractivity contribution in [2.45, 2.75) is 18.1 Å². The lowest BCUT2D eigenvalue weighted by molar-refractivity contribution is -0.115. The average Bonchev–Trinajstić information content (AvgIpc) is 2.85. The van der Waals surface area contributed by atoms with Gasteiger partial charge in [-0.15, -0.1) is 11.8 Å². The van der Waals surface area contributed by atoms with Crippen LogP contribution in [0.1, 0.15) is 18.4 Å². The van der Waals surface area contributed by atoms with Gasteiger partial charge in [-0.3, -0.25) is 4.79 Å². The number of nitrogens with one attached hydrogen (secondary N) is 1. The van der Waals surface area contributed by atoms with Gasteiger partial charge in [-0.1, -0.05) is 0 Å². The van der Waals surface area contributed by atoms with E-state index in [2.05, 4.69) is 5.32 Å².